The number of anilines is 1. The van der Waals surface area contributed by atoms with Crippen LogP contribution in [0.2, 0.25) is 0 Å². The van der Waals surface area contributed by atoms with Gasteiger partial charge < -0.3 is 4.74 Å². The topological polar surface area (TPSA) is 38.3 Å². The molecule has 1 saturated carbocycles. The van der Waals surface area contributed by atoms with Crippen LogP contribution in [-0.4, -0.2) is 12.3 Å². The van der Waals surface area contributed by atoms with Crippen molar-refractivity contribution in [3.8, 4) is 11.8 Å². The zero-order valence-electron chi connectivity index (χ0n) is 11.0. The molecule has 0 radical (unpaired) electrons. The lowest BCUT2D eigenvalue weighted by Crippen LogP contribution is -2.49. The van der Waals surface area contributed by atoms with Gasteiger partial charge in [0, 0.05) is 16.4 Å². The summed E-state index contributed by atoms with van der Waals surface area (Å²) >= 11 is -0.193. The van der Waals surface area contributed by atoms with E-state index in [9.17, 15) is 21.9 Å². The lowest BCUT2D eigenvalue weighted by Gasteiger charge is -2.35. The van der Waals surface area contributed by atoms with Crippen LogP contribution >= 0.6 is 12.1 Å². The molecule has 0 spiro atoms. The van der Waals surface area contributed by atoms with Gasteiger partial charge in [0.25, 0.3) is 5.60 Å². The highest BCUT2D eigenvalue weighted by molar-refractivity contribution is 7.94. The first-order chi connectivity index (χ1) is 10.4. The van der Waals surface area contributed by atoms with E-state index in [1.165, 1.54) is 12.1 Å². The number of rotatable bonds is 1. The molecule has 3 nitrogen and oxygen atoms in total. The van der Waals surface area contributed by atoms with E-state index in [1.54, 1.807) is 0 Å². The summed E-state index contributed by atoms with van der Waals surface area (Å²) in [6.45, 7) is 0. The normalized spacial score (nSPS) is 23.7. The Morgan fingerprint density at radius 3 is 2.68 bits per heavy atom. The number of halogens is 4. The summed E-state index contributed by atoms with van der Waals surface area (Å²) in [5.74, 6) is 4.47. The molecular weight excluding hydrogens is 322 g/mol. The van der Waals surface area contributed by atoms with Gasteiger partial charge in [-0.1, -0.05) is 5.92 Å². The third-order valence-corrected chi connectivity index (χ3v) is 3.80. The van der Waals surface area contributed by atoms with Crippen molar-refractivity contribution in [3.63, 3.8) is 0 Å². The van der Waals surface area contributed by atoms with Crippen LogP contribution in [-0.2, 0) is 10.3 Å². The number of cyclic esters (lactones) is 1. The second-order valence-electron chi connectivity index (χ2n) is 5.02. The second-order valence-corrected chi connectivity index (χ2v) is 5.65. The van der Waals surface area contributed by atoms with Gasteiger partial charge in [-0.05, 0) is 37.0 Å². The van der Waals surface area contributed by atoms with Crippen LogP contribution in [0.4, 0.5) is 27.5 Å². The Bertz CT molecular complexity index is 690. The fourth-order valence-corrected chi connectivity index (χ4v) is 2.39. The SMILES string of the molecule is O=C1Nc2ccc(SF)cc2[C@@](C#CC2CC2)(C(F)(F)F)O1. The van der Waals surface area contributed by atoms with Gasteiger partial charge in [0.15, 0.2) is 0 Å². The Morgan fingerprint density at radius 1 is 1.36 bits per heavy atom. The Hall–Kier alpha value is -1.88. The summed E-state index contributed by atoms with van der Waals surface area (Å²) in [5.41, 5.74) is -3.56. The maximum absolute atomic E-state index is 13.6. The van der Waals surface area contributed by atoms with Gasteiger partial charge in [-0.25, -0.2) is 4.79 Å². The third kappa shape index (κ3) is 2.50. The van der Waals surface area contributed by atoms with Crippen LogP contribution in [0.3, 0.4) is 0 Å². The minimum absolute atomic E-state index is 0.0275. The van der Waals surface area contributed by atoms with E-state index < -0.39 is 23.4 Å². The summed E-state index contributed by atoms with van der Waals surface area (Å²) < 4.78 is 58.2. The molecule has 0 saturated heterocycles. The number of alkyl halides is 3. The number of fused-ring (bicyclic) bond motifs is 1. The summed E-state index contributed by atoms with van der Waals surface area (Å²) in [7, 11) is 0. The molecule has 22 heavy (non-hydrogen) atoms. The minimum atomic E-state index is -4.94. The molecule has 8 heteroatoms. The largest absolute Gasteiger partial charge is 0.445 e. The Labute approximate surface area is 127 Å². The van der Waals surface area contributed by atoms with Gasteiger partial charge in [-0.15, -0.1) is 0 Å². The molecule has 1 heterocycles. The molecule has 0 aromatic heterocycles. The van der Waals surface area contributed by atoms with Gasteiger partial charge in [0.1, 0.15) is 0 Å². The number of nitrogens with one attached hydrogen (secondary N) is 1. The molecule has 1 aliphatic carbocycles. The number of benzene rings is 1. The smallest absolute Gasteiger partial charge is 0.415 e. The number of carbonyl (C=O) groups is 1. The number of carbonyl (C=O) groups excluding carboxylic acids is 1. The second kappa shape index (κ2) is 5.09. The van der Waals surface area contributed by atoms with E-state index in [0.29, 0.717) is 0 Å². The molecule has 1 N–H and O–H groups in total. The van der Waals surface area contributed by atoms with E-state index >= 15 is 0 Å². The van der Waals surface area contributed by atoms with E-state index in [2.05, 4.69) is 21.9 Å². The standard InChI is InChI=1S/C14H9F4NO2S/c15-14(16,17)13(6-5-8-1-2-8)10-7-9(22-18)3-4-11(10)19-12(20)21-13/h3-4,7-8H,1-2H2,(H,19,20)/t13-/m0/s1. The first-order valence-corrected chi connectivity index (χ1v) is 7.10. The van der Waals surface area contributed by atoms with Crippen molar-refractivity contribution in [2.45, 2.75) is 29.5 Å². The molecule has 2 aliphatic rings. The molecule has 1 aromatic carbocycles. The van der Waals surface area contributed by atoms with Crippen LogP contribution in [0.1, 0.15) is 18.4 Å². The summed E-state index contributed by atoms with van der Waals surface area (Å²) in [6, 6.07) is 3.47. The fourth-order valence-electron chi connectivity index (χ4n) is 2.11. The monoisotopic (exact) mass is 331 g/mol. The highest BCUT2D eigenvalue weighted by Gasteiger charge is 2.62. The lowest BCUT2D eigenvalue weighted by atomic mass is 9.90. The first kappa shape index (κ1) is 15.0. The maximum atomic E-state index is 13.6. The Balaban J connectivity index is 2.21. The quantitative estimate of drug-likeness (QED) is 0.612. The summed E-state index contributed by atoms with van der Waals surface area (Å²) in [5, 5.41) is 2.18. The van der Waals surface area contributed by atoms with E-state index in [0.717, 1.165) is 18.9 Å². The van der Waals surface area contributed by atoms with E-state index in [1.807, 2.05) is 0 Å². The third-order valence-electron chi connectivity index (χ3n) is 3.37. The Kier molecular flexibility index (Phi) is 3.48. The summed E-state index contributed by atoms with van der Waals surface area (Å²) in [6.07, 6.45) is -4.74. The first-order valence-electron chi connectivity index (χ1n) is 6.38. The number of hydrogen-bond donors (Lipinski definition) is 1. The highest BCUT2D eigenvalue weighted by Crippen LogP contribution is 2.48. The fraction of sp³-hybridized carbons (Fsp3) is 0.357. The van der Waals surface area contributed by atoms with E-state index in [-0.39, 0.29) is 28.6 Å². The van der Waals surface area contributed by atoms with Crippen LogP contribution in [0.25, 0.3) is 0 Å². The van der Waals surface area contributed by atoms with Crippen molar-refractivity contribution in [1.29, 1.82) is 0 Å². The number of amides is 1. The van der Waals surface area contributed by atoms with Crippen molar-refractivity contribution in [3.05, 3.63) is 23.8 Å². The van der Waals surface area contributed by atoms with E-state index in [4.69, 9.17) is 0 Å². The molecule has 0 bridgehead atoms. The predicted molar refractivity (Wildman–Crippen MR) is 71.7 cm³/mol. The molecule has 1 aromatic rings. The van der Waals surface area contributed by atoms with Crippen molar-refractivity contribution >= 4 is 23.9 Å². The van der Waals surface area contributed by atoms with Crippen molar-refractivity contribution < 1.29 is 26.6 Å². The molecule has 1 amide bonds. The molecule has 1 fully saturated rings. The molecule has 0 unspecified atom stereocenters. The number of ether oxygens (including phenoxy) is 1. The van der Waals surface area contributed by atoms with Crippen molar-refractivity contribution in [2.24, 2.45) is 5.92 Å². The molecular formula is C14H9F4NO2S. The molecule has 1 atom stereocenters. The van der Waals surface area contributed by atoms with Gasteiger partial charge in [-0.2, -0.15) is 17.1 Å². The highest BCUT2D eigenvalue weighted by atomic mass is 32.2. The van der Waals surface area contributed by atoms with Crippen molar-refractivity contribution in [2.75, 3.05) is 5.32 Å². The zero-order valence-corrected chi connectivity index (χ0v) is 11.8. The van der Waals surface area contributed by atoms with Crippen LogP contribution in [0.15, 0.2) is 23.1 Å². The molecule has 1 aliphatic heterocycles. The lowest BCUT2D eigenvalue weighted by molar-refractivity contribution is -0.239. The molecule has 3 rings (SSSR count). The Morgan fingerprint density at radius 2 is 2.09 bits per heavy atom. The maximum Gasteiger partial charge on any atom is 0.445 e. The van der Waals surface area contributed by atoms with Gasteiger partial charge in [0.2, 0.25) is 0 Å². The van der Waals surface area contributed by atoms with Crippen molar-refractivity contribution in [1.82, 2.24) is 0 Å². The summed E-state index contributed by atoms with van der Waals surface area (Å²) in [4.78, 5) is 11.5. The van der Waals surface area contributed by atoms with Crippen LogP contribution in [0.5, 0.6) is 0 Å². The minimum Gasteiger partial charge on any atom is -0.415 e. The predicted octanol–water partition coefficient (Wildman–Crippen LogP) is 4.40. The van der Waals surface area contributed by atoms with Gasteiger partial charge >= 0.3 is 12.3 Å². The van der Waals surface area contributed by atoms with Crippen LogP contribution < -0.4 is 5.32 Å². The number of hydrogen-bond acceptors (Lipinski definition) is 3. The van der Waals surface area contributed by atoms with Gasteiger partial charge in [-0.3, -0.25) is 5.32 Å². The molecule has 116 valence electrons. The zero-order chi connectivity index (χ0) is 16.0. The van der Waals surface area contributed by atoms with Crippen LogP contribution in [0, 0.1) is 17.8 Å². The van der Waals surface area contributed by atoms with Gasteiger partial charge in [0.05, 0.1) is 17.8 Å². The average molecular weight is 331 g/mol. The average Bonchev–Trinajstić information content (AvgIpc) is 3.27.